The highest BCUT2D eigenvalue weighted by Gasteiger charge is 2.31. The van der Waals surface area contributed by atoms with Gasteiger partial charge in [0.25, 0.3) is 0 Å². The number of amides is 1. The summed E-state index contributed by atoms with van der Waals surface area (Å²) < 4.78 is 50.8. The molecule has 0 radical (unpaired) electrons. The van der Waals surface area contributed by atoms with E-state index in [0.29, 0.717) is 18.2 Å². The molecular formula is C12H12BrF4NO. The highest BCUT2D eigenvalue weighted by atomic mass is 79.9. The smallest absolute Gasteiger partial charge is 0.323 e. The van der Waals surface area contributed by atoms with Crippen LogP contribution in [0.15, 0.2) is 18.2 Å². The van der Waals surface area contributed by atoms with Crippen LogP contribution < -0.4 is 5.32 Å². The van der Waals surface area contributed by atoms with Crippen LogP contribution in [0.1, 0.15) is 19.4 Å². The Balaban J connectivity index is 2.98. The molecule has 0 aliphatic carbocycles. The number of hydrogen-bond donors (Lipinski definition) is 1. The normalized spacial score (nSPS) is 13.5. The van der Waals surface area contributed by atoms with Crippen LogP contribution in [-0.2, 0) is 11.0 Å². The van der Waals surface area contributed by atoms with E-state index >= 15 is 0 Å². The first-order valence-corrected chi connectivity index (χ1v) is 6.36. The van der Waals surface area contributed by atoms with E-state index < -0.39 is 34.0 Å². The van der Waals surface area contributed by atoms with Gasteiger partial charge in [0.15, 0.2) is 0 Å². The number of benzene rings is 1. The molecular weight excluding hydrogens is 330 g/mol. The summed E-state index contributed by atoms with van der Waals surface area (Å²) in [5.74, 6) is -1.58. The average Bonchev–Trinajstić information content (AvgIpc) is 2.29. The molecule has 0 spiro atoms. The molecule has 19 heavy (non-hydrogen) atoms. The number of carbonyl (C=O) groups excluding carboxylic acids is 1. The van der Waals surface area contributed by atoms with Gasteiger partial charge in [-0.25, -0.2) is 4.39 Å². The van der Waals surface area contributed by atoms with Crippen molar-refractivity contribution in [3.63, 3.8) is 0 Å². The zero-order valence-electron chi connectivity index (χ0n) is 10.2. The maximum absolute atomic E-state index is 13.4. The van der Waals surface area contributed by atoms with E-state index in [0.717, 1.165) is 0 Å². The predicted octanol–water partition coefficient (Wildman–Crippen LogP) is 4.20. The van der Waals surface area contributed by atoms with Crippen LogP contribution in [0.25, 0.3) is 0 Å². The van der Waals surface area contributed by atoms with Gasteiger partial charge >= 0.3 is 6.18 Å². The monoisotopic (exact) mass is 341 g/mol. The number of carbonyl (C=O) groups is 1. The Morgan fingerprint density at radius 1 is 1.32 bits per heavy atom. The zero-order chi connectivity index (χ0) is 14.8. The first kappa shape index (κ1) is 15.9. The van der Waals surface area contributed by atoms with Crippen LogP contribution >= 0.6 is 15.9 Å². The van der Waals surface area contributed by atoms with Crippen LogP contribution in [0.5, 0.6) is 0 Å². The van der Waals surface area contributed by atoms with E-state index in [-0.39, 0.29) is 5.92 Å². The quantitative estimate of drug-likeness (QED) is 0.647. The number of alkyl halides is 4. The average molecular weight is 342 g/mol. The van der Waals surface area contributed by atoms with E-state index in [1.807, 2.05) is 0 Å². The fourth-order valence-electron chi connectivity index (χ4n) is 1.30. The lowest BCUT2D eigenvalue weighted by atomic mass is 10.1. The molecule has 0 fully saturated rings. The molecule has 2 nitrogen and oxygen atoms in total. The zero-order valence-corrected chi connectivity index (χ0v) is 11.8. The van der Waals surface area contributed by atoms with Gasteiger partial charge < -0.3 is 5.32 Å². The molecule has 0 bridgehead atoms. The van der Waals surface area contributed by atoms with Crippen molar-refractivity contribution < 1.29 is 22.4 Å². The summed E-state index contributed by atoms with van der Waals surface area (Å²) in [6, 6.07) is 1.88. The van der Waals surface area contributed by atoms with E-state index in [4.69, 9.17) is 0 Å². The van der Waals surface area contributed by atoms with Gasteiger partial charge in [-0.15, -0.1) is 0 Å². The summed E-state index contributed by atoms with van der Waals surface area (Å²) in [4.78, 5) is 11.1. The van der Waals surface area contributed by atoms with Gasteiger partial charge in [-0.2, -0.15) is 13.2 Å². The molecule has 0 heterocycles. The Morgan fingerprint density at radius 2 is 1.89 bits per heavy atom. The number of hydrogen-bond acceptors (Lipinski definition) is 1. The Labute approximate surface area is 116 Å². The minimum absolute atomic E-state index is 0.0751. The molecule has 1 amide bonds. The van der Waals surface area contributed by atoms with Crippen molar-refractivity contribution in [3.05, 3.63) is 29.6 Å². The van der Waals surface area contributed by atoms with Gasteiger partial charge in [0, 0.05) is 0 Å². The van der Waals surface area contributed by atoms with Crippen LogP contribution in [-0.4, -0.2) is 10.7 Å². The van der Waals surface area contributed by atoms with E-state index in [2.05, 4.69) is 21.2 Å². The van der Waals surface area contributed by atoms with Gasteiger partial charge in [-0.1, -0.05) is 29.8 Å². The summed E-state index contributed by atoms with van der Waals surface area (Å²) in [5.41, 5.74) is -1.50. The van der Waals surface area contributed by atoms with E-state index in [1.165, 1.54) is 0 Å². The molecule has 1 unspecified atom stereocenters. The Hall–Kier alpha value is -1.11. The third kappa shape index (κ3) is 4.19. The van der Waals surface area contributed by atoms with Crippen molar-refractivity contribution in [2.45, 2.75) is 24.9 Å². The maximum atomic E-state index is 13.4. The molecule has 1 aromatic carbocycles. The molecule has 0 aromatic heterocycles. The molecule has 1 aromatic rings. The van der Waals surface area contributed by atoms with Crippen molar-refractivity contribution in [3.8, 4) is 0 Å². The number of anilines is 1. The topological polar surface area (TPSA) is 29.1 Å². The molecule has 0 saturated heterocycles. The SMILES string of the molecule is CC(C)C(Br)C(=O)Nc1cc(C(F)(F)F)ccc1F. The molecule has 1 rings (SSSR count). The van der Waals surface area contributed by atoms with E-state index in [1.54, 1.807) is 13.8 Å². The first-order valence-electron chi connectivity index (χ1n) is 5.44. The van der Waals surface area contributed by atoms with Crippen molar-refractivity contribution in [2.24, 2.45) is 5.92 Å². The van der Waals surface area contributed by atoms with Crippen molar-refractivity contribution in [1.82, 2.24) is 0 Å². The van der Waals surface area contributed by atoms with Crippen LogP contribution in [0.4, 0.5) is 23.2 Å². The minimum atomic E-state index is -4.58. The Kier molecular flexibility index (Phi) is 4.95. The van der Waals surface area contributed by atoms with Gasteiger partial charge in [-0.05, 0) is 24.1 Å². The molecule has 0 aliphatic rings. The molecule has 0 aliphatic heterocycles. The van der Waals surface area contributed by atoms with Gasteiger partial charge in [0.1, 0.15) is 5.82 Å². The summed E-state index contributed by atoms with van der Waals surface area (Å²) in [6.07, 6.45) is -4.58. The van der Waals surface area contributed by atoms with Gasteiger partial charge in [-0.3, -0.25) is 4.79 Å². The summed E-state index contributed by atoms with van der Waals surface area (Å²) >= 11 is 3.09. The Morgan fingerprint density at radius 3 is 2.37 bits per heavy atom. The highest BCUT2D eigenvalue weighted by Crippen LogP contribution is 2.32. The fraction of sp³-hybridized carbons (Fsp3) is 0.417. The molecule has 1 atom stereocenters. The standard InChI is InChI=1S/C12H12BrF4NO/c1-6(2)10(13)11(19)18-9-5-7(12(15,16)17)3-4-8(9)14/h3-6,10H,1-2H3,(H,18,19). The first-order chi connectivity index (χ1) is 8.62. The van der Waals surface area contributed by atoms with Crippen molar-refractivity contribution >= 4 is 27.5 Å². The predicted molar refractivity (Wildman–Crippen MR) is 67.6 cm³/mol. The lowest BCUT2D eigenvalue weighted by molar-refractivity contribution is -0.137. The van der Waals surface area contributed by atoms with Crippen molar-refractivity contribution in [1.29, 1.82) is 0 Å². The van der Waals surface area contributed by atoms with E-state index in [9.17, 15) is 22.4 Å². The number of halogens is 5. The lowest BCUT2D eigenvalue weighted by Crippen LogP contribution is -2.27. The number of rotatable bonds is 3. The molecule has 106 valence electrons. The second-order valence-corrected chi connectivity index (χ2v) is 5.31. The number of nitrogens with one attached hydrogen (secondary N) is 1. The molecule has 7 heteroatoms. The molecule has 0 saturated carbocycles. The van der Waals surface area contributed by atoms with Gasteiger partial charge in [0.05, 0.1) is 16.1 Å². The summed E-state index contributed by atoms with van der Waals surface area (Å²) in [7, 11) is 0. The summed E-state index contributed by atoms with van der Waals surface area (Å²) in [5, 5.41) is 2.14. The van der Waals surface area contributed by atoms with Crippen LogP contribution in [0.2, 0.25) is 0 Å². The second kappa shape index (κ2) is 5.90. The second-order valence-electron chi connectivity index (χ2n) is 4.33. The largest absolute Gasteiger partial charge is 0.416 e. The lowest BCUT2D eigenvalue weighted by Gasteiger charge is -2.15. The maximum Gasteiger partial charge on any atom is 0.416 e. The van der Waals surface area contributed by atoms with Gasteiger partial charge in [0.2, 0.25) is 5.91 Å². The minimum Gasteiger partial charge on any atom is -0.323 e. The highest BCUT2D eigenvalue weighted by molar-refractivity contribution is 9.10. The third-order valence-electron chi connectivity index (χ3n) is 2.39. The molecule has 1 N–H and O–H groups in total. The Bertz CT molecular complexity index is 473. The van der Waals surface area contributed by atoms with Crippen molar-refractivity contribution in [2.75, 3.05) is 5.32 Å². The summed E-state index contributed by atoms with van der Waals surface area (Å²) in [6.45, 7) is 3.50. The fourth-order valence-corrected chi connectivity index (χ4v) is 1.42. The van der Waals surface area contributed by atoms with Crippen LogP contribution in [0, 0.1) is 11.7 Å². The van der Waals surface area contributed by atoms with Crippen LogP contribution in [0.3, 0.4) is 0 Å². The third-order valence-corrected chi connectivity index (χ3v) is 3.86.